The van der Waals surface area contributed by atoms with E-state index < -0.39 is 31.5 Å². The van der Waals surface area contributed by atoms with E-state index in [0.717, 1.165) is 6.08 Å². The summed E-state index contributed by atoms with van der Waals surface area (Å²) in [7, 11) is -8.36. The van der Waals surface area contributed by atoms with Crippen LogP contribution in [0.5, 0.6) is 0 Å². The van der Waals surface area contributed by atoms with Crippen molar-refractivity contribution in [1.29, 1.82) is 0 Å². The van der Waals surface area contributed by atoms with Crippen LogP contribution in [0.1, 0.15) is 32.6 Å². The van der Waals surface area contributed by atoms with Crippen molar-refractivity contribution in [2.75, 3.05) is 6.61 Å². The first-order chi connectivity index (χ1) is 9.70. The molecule has 1 aliphatic carbocycles. The Kier molecular flexibility index (Phi) is 6.32. The summed E-state index contributed by atoms with van der Waals surface area (Å²) in [5.74, 6) is -0.557. The van der Waals surface area contributed by atoms with Gasteiger partial charge in [0.25, 0.3) is 0 Å². The number of esters is 1. The van der Waals surface area contributed by atoms with Gasteiger partial charge in [-0.05, 0) is 32.6 Å². The van der Waals surface area contributed by atoms with Gasteiger partial charge >= 0.3 is 16.3 Å². The van der Waals surface area contributed by atoms with Gasteiger partial charge in [-0.15, -0.1) is 0 Å². The minimum absolute atomic E-state index is 0.158. The standard InChI is InChI=1S/C11H19NO7S2/c1-3-11(13)19-9-5-7-10(8-6-9)20(14,15)12-21(16,17)18-4-2/h3,9-10,12H,1,4-8H2,2H3. The van der Waals surface area contributed by atoms with E-state index in [1.165, 1.54) is 6.92 Å². The second kappa shape index (κ2) is 7.34. The van der Waals surface area contributed by atoms with Crippen molar-refractivity contribution in [3.05, 3.63) is 12.7 Å². The van der Waals surface area contributed by atoms with Crippen LogP contribution in [0.2, 0.25) is 0 Å². The van der Waals surface area contributed by atoms with Crippen molar-refractivity contribution in [1.82, 2.24) is 4.13 Å². The fraction of sp³-hybridized carbons (Fsp3) is 0.727. The Bertz CT molecular complexity index is 574. The molecule has 1 rings (SSSR count). The first-order valence-electron chi connectivity index (χ1n) is 6.45. The van der Waals surface area contributed by atoms with E-state index in [1.807, 2.05) is 0 Å². The Hall–Kier alpha value is -0.970. The molecule has 0 spiro atoms. The lowest BCUT2D eigenvalue weighted by Crippen LogP contribution is -2.41. The average molecular weight is 341 g/mol. The maximum atomic E-state index is 12.0. The third kappa shape index (κ3) is 5.73. The van der Waals surface area contributed by atoms with Gasteiger partial charge in [-0.3, -0.25) is 4.18 Å². The Labute approximate surface area is 124 Å². The number of nitrogens with one attached hydrogen (secondary N) is 1. The fourth-order valence-electron chi connectivity index (χ4n) is 2.06. The van der Waals surface area contributed by atoms with Gasteiger partial charge in [-0.1, -0.05) is 10.7 Å². The molecule has 0 atom stereocenters. The maximum Gasteiger partial charge on any atom is 0.349 e. The minimum Gasteiger partial charge on any atom is -0.459 e. The molecule has 0 amide bonds. The molecule has 1 fully saturated rings. The van der Waals surface area contributed by atoms with E-state index in [2.05, 4.69) is 10.8 Å². The van der Waals surface area contributed by atoms with E-state index in [1.54, 1.807) is 4.13 Å². The molecule has 8 nitrogen and oxygen atoms in total. The molecule has 1 aliphatic rings. The number of carbonyl (C=O) groups excluding carboxylic acids is 1. The first-order valence-corrected chi connectivity index (χ1v) is 9.40. The van der Waals surface area contributed by atoms with E-state index in [-0.39, 0.29) is 25.6 Å². The lowest BCUT2D eigenvalue weighted by Gasteiger charge is -2.27. The quantitative estimate of drug-likeness (QED) is 0.520. The zero-order valence-electron chi connectivity index (χ0n) is 11.6. The summed E-state index contributed by atoms with van der Waals surface area (Å²) >= 11 is 0. The van der Waals surface area contributed by atoms with Gasteiger partial charge in [-0.25, -0.2) is 13.2 Å². The van der Waals surface area contributed by atoms with Crippen molar-refractivity contribution >= 4 is 26.3 Å². The average Bonchev–Trinajstić information content (AvgIpc) is 2.37. The number of carbonyl (C=O) groups is 1. The van der Waals surface area contributed by atoms with Crippen molar-refractivity contribution in [2.24, 2.45) is 0 Å². The Morgan fingerprint density at radius 2 is 1.81 bits per heavy atom. The molecule has 0 unspecified atom stereocenters. The largest absolute Gasteiger partial charge is 0.459 e. The number of hydrogen-bond donors (Lipinski definition) is 1. The lowest BCUT2D eigenvalue weighted by molar-refractivity contribution is -0.144. The monoisotopic (exact) mass is 341 g/mol. The van der Waals surface area contributed by atoms with Gasteiger partial charge in [0.1, 0.15) is 6.10 Å². The summed E-state index contributed by atoms with van der Waals surface area (Å²) in [5.41, 5.74) is 0. The molecule has 0 aliphatic heterocycles. The zero-order valence-corrected chi connectivity index (χ0v) is 13.3. The molecule has 1 N–H and O–H groups in total. The molecule has 0 aromatic carbocycles. The van der Waals surface area contributed by atoms with Gasteiger partial charge in [-0.2, -0.15) is 8.42 Å². The van der Waals surface area contributed by atoms with E-state index in [9.17, 15) is 21.6 Å². The number of ether oxygens (including phenoxy) is 1. The van der Waals surface area contributed by atoms with Crippen LogP contribution >= 0.6 is 0 Å². The highest BCUT2D eigenvalue weighted by Crippen LogP contribution is 2.26. The summed E-state index contributed by atoms with van der Waals surface area (Å²) in [4.78, 5) is 11.1. The van der Waals surface area contributed by atoms with Crippen LogP contribution in [0.25, 0.3) is 0 Å². The van der Waals surface area contributed by atoms with Crippen LogP contribution in [-0.2, 0) is 34.0 Å². The normalized spacial score (nSPS) is 23.5. The van der Waals surface area contributed by atoms with E-state index >= 15 is 0 Å². The molecule has 0 radical (unpaired) electrons. The van der Waals surface area contributed by atoms with Crippen molar-refractivity contribution < 1.29 is 30.6 Å². The minimum atomic E-state index is -4.31. The Balaban J connectivity index is 2.60. The molecule has 0 heterocycles. The molecule has 122 valence electrons. The predicted molar refractivity (Wildman–Crippen MR) is 74.9 cm³/mol. The zero-order chi connectivity index (χ0) is 16.1. The van der Waals surface area contributed by atoms with Crippen LogP contribution in [-0.4, -0.2) is 40.8 Å². The predicted octanol–water partition coefficient (Wildman–Crippen LogP) is 0.227. The molecule has 21 heavy (non-hydrogen) atoms. The summed E-state index contributed by atoms with van der Waals surface area (Å²) < 4.78 is 57.6. The molecule has 0 aromatic heterocycles. The maximum absolute atomic E-state index is 12.0. The van der Waals surface area contributed by atoms with Gasteiger partial charge in [0.2, 0.25) is 10.0 Å². The van der Waals surface area contributed by atoms with Gasteiger partial charge in [0.15, 0.2) is 0 Å². The summed E-state index contributed by atoms with van der Waals surface area (Å²) in [6.45, 7) is 4.55. The second-order valence-corrected chi connectivity index (χ2v) is 8.10. The number of rotatable bonds is 7. The van der Waals surface area contributed by atoms with Crippen molar-refractivity contribution in [3.63, 3.8) is 0 Å². The topological polar surface area (TPSA) is 116 Å². The highest BCUT2D eigenvalue weighted by Gasteiger charge is 2.34. The summed E-state index contributed by atoms with van der Waals surface area (Å²) in [5, 5.41) is -0.855. The van der Waals surface area contributed by atoms with Crippen LogP contribution < -0.4 is 4.13 Å². The lowest BCUT2D eigenvalue weighted by atomic mass is 9.97. The van der Waals surface area contributed by atoms with Crippen LogP contribution in [0.4, 0.5) is 0 Å². The van der Waals surface area contributed by atoms with Crippen molar-refractivity contribution in [3.8, 4) is 0 Å². The molecule has 0 saturated heterocycles. The molecular formula is C11H19NO7S2. The van der Waals surface area contributed by atoms with E-state index in [0.29, 0.717) is 12.8 Å². The third-order valence-electron chi connectivity index (χ3n) is 3.00. The third-order valence-corrected chi connectivity index (χ3v) is 6.64. The molecule has 0 bridgehead atoms. The molecule has 1 saturated carbocycles. The summed E-state index contributed by atoms with van der Waals surface area (Å²) in [6.07, 6.45) is 1.77. The molecule has 10 heteroatoms. The van der Waals surface area contributed by atoms with Crippen LogP contribution in [0, 0.1) is 0 Å². The van der Waals surface area contributed by atoms with Gasteiger partial charge in [0.05, 0.1) is 11.9 Å². The fourth-order valence-corrected chi connectivity index (χ4v) is 5.14. The van der Waals surface area contributed by atoms with Crippen LogP contribution in [0.3, 0.4) is 0 Å². The Morgan fingerprint density at radius 1 is 1.24 bits per heavy atom. The van der Waals surface area contributed by atoms with E-state index in [4.69, 9.17) is 4.74 Å². The molecule has 0 aromatic rings. The Morgan fingerprint density at radius 3 is 2.29 bits per heavy atom. The van der Waals surface area contributed by atoms with Gasteiger partial charge in [0, 0.05) is 6.08 Å². The highest BCUT2D eigenvalue weighted by molar-refractivity contribution is 8.03. The van der Waals surface area contributed by atoms with Gasteiger partial charge < -0.3 is 4.74 Å². The highest BCUT2D eigenvalue weighted by atomic mass is 32.3. The SMILES string of the molecule is C=CC(=O)OC1CCC(S(=O)(=O)NS(=O)(=O)OCC)CC1. The number of hydrogen-bond acceptors (Lipinski definition) is 7. The molecular weight excluding hydrogens is 322 g/mol. The van der Waals surface area contributed by atoms with Crippen LogP contribution in [0.15, 0.2) is 12.7 Å². The smallest absolute Gasteiger partial charge is 0.349 e. The van der Waals surface area contributed by atoms with Crippen molar-refractivity contribution in [2.45, 2.75) is 44.0 Å². The second-order valence-electron chi connectivity index (χ2n) is 4.53. The first kappa shape index (κ1) is 18.1. The number of sulfonamides is 1. The summed E-state index contributed by atoms with van der Waals surface area (Å²) in [6, 6.07) is 0.